The Balaban J connectivity index is 3.18. The quantitative estimate of drug-likeness (QED) is 0.814. The number of rotatable bonds is 5. The summed E-state index contributed by atoms with van der Waals surface area (Å²) in [5, 5.41) is 0. The summed E-state index contributed by atoms with van der Waals surface area (Å²) in [6.07, 6.45) is 0. The van der Waals surface area contributed by atoms with E-state index in [2.05, 4.69) is 0 Å². The van der Waals surface area contributed by atoms with E-state index >= 15 is 0 Å². The van der Waals surface area contributed by atoms with Gasteiger partial charge >= 0.3 is 0 Å². The normalized spacial score (nSPS) is 11.2. The summed E-state index contributed by atoms with van der Waals surface area (Å²) in [6.45, 7) is 0.0939. The van der Waals surface area contributed by atoms with Crippen molar-refractivity contribution >= 4 is 9.84 Å². The molecule has 0 radical (unpaired) electrons. The molecule has 90 valence electrons. The van der Waals surface area contributed by atoms with Crippen molar-refractivity contribution in [3.8, 4) is 11.5 Å². The van der Waals surface area contributed by atoms with Gasteiger partial charge in [-0.25, -0.2) is 8.42 Å². The smallest absolute Gasteiger partial charge is 0.179 e. The summed E-state index contributed by atoms with van der Waals surface area (Å²) in [5.41, 5.74) is 5.24. The molecule has 0 heterocycles. The standard InChI is InChI=1S/C10H15NO4S/c1-14-9-4-3-8(7-10(9)15-2)16(12,13)6-5-11/h3-4,7H,5-6,11H2,1-2H3. The highest BCUT2D eigenvalue weighted by molar-refractivity contribution is 7.91. The van der Waals surface area contributed by atoms with E-state index in [-0.39, 0.29) is 17.2 Å². The third-order valence-corrected chi connectivity index (χ3v) is 3.85. The van der Waals surface area contributed by atoms with E-state index in [1.165, 1.54) is 26.4 Å². The van der Waals surface area contributed by atoms with Crippen LogP contribution in [0.25, 0.3) is 0 Å². The number of nitrogens with two attached hydrogens (primary N) is 1. The third kappa shape index (κ3) is 2.65. The van der Waals surface area contributed by atoms with Crippen molar-refractivity contribution in [3.63, 3.8) is 0 Å². The number of methoxy groups -OCH3 is 2. The molecule has 0 atom stereocenters. The Hall–Kier alpha value is -1.27. The highest BCUT2D eigenvalue weighted by Gasteiger charge is 2.16. The van der Waals surface area contributed by atoms with Gasteiger partial charge in [0.05, 0.1) is 24.9 Å². The first kappa shape index (κ1) is 12.8. The van der Waals surface area contributed by atoms with Crippen LogP contribution in [0.4, 0.5) is 0 Å². The van der Waals surface area contributed by atoms with Crippen LogP contribution in [0.1, 0.15) is 0 Å². The first-order chi connectivity index (χ1) is 7.55. The molecule has 0 saturated carbocycles. The van der Waals surface area contributed by atoms with Crippen molar-refractivity contribution in [2.24, 2.45) is 5.73 Å². The van der Waals surface area contributed by atoms with Crippen LogP contribution in [-0.2, 0) is 9.84 Å². The third-order valence-electron chi connectivity index (χ3n) is 2.10. The van der Waals surface area contributed by atoms with Crippen LogP contribution < -0.4 is 15.2 Å². The van der Waals surface area contributed by atoms with Gasteiger partial charge in [-0.2, -0.15) is 0 Å². The lowest BCUT2D eigenvalue weighted by Crippen LogP contribution is -2.15. The summed E-state index contributed by atoms with van der Waals surface area (Å²) in [4.78, 5) is 0.190. The van der Waals surface area contributed by atoms with Crippen LogP contribution in [0.3, 0.4) is 0 Å². The van der Waals surface area contributed by atoms with E-state index in [0.717, 1.165) is 0 Å². The predicted molar refractivity (Wildman–Crippen MR) is 60.7 cm³/mol. The highest BCUT2D eigenvalue weighted by Crippen LogP contribution is 2.29. The first-order valence-electron chi connectivity index (χ1n) is 4.70. The van der Waals surface area contributed by atoms with Crippen molar-refractivity contribution in [2.45, 2.75) is 4.90 Å². The fourth-order valence-electron chi connectivity index (χ4n) is 1.28. The summed E-state index contributed by atoms with van der Waals surface area (Å²) in [5.74, 6) is 0.803. The molecule has 0 saturated heterocycles. The number of hydrogen-bond acceptors (Lipinski definition) is 5. The molecule has 1 aromatic carbocycles. The van der Waals surface area contributed by atoms with Crippen molar-refractivity contribution in [1.29, 1.82) is 0 Å². The maximum Gasteiger partial charge on any atom is 0.179 e. The molecule has 0 aromatic heterocycles. The Morgan fingerprint density at radius 3 is 2.31 bits per heavy atom. The second-order valence-corrected chi connectivity index (χ2v) is 5.23. The molecule has 0 bridgehead atoms. The van der Waals surface area contributed by atoms with E-state index in [1.807, 2.05) is 0 Å². The van der Waals surface area contributed by atoms with Crippen molar-refractivity contribution in [3.05, 3.63) is 18.2 Å². The molecule has 6 heteroatoms. The average Bonchev–Trinajstić information content (AvgIpc) is 2.28. The predicted octanol–water partition coefficient (Wildman–Crippen LogP) is 0.436. The Bertz CT molecular complexity index is 456. The Morgan fingerprint density at radius 1 is 1.19 bits per heavy atom. The molecule has 0 unspecified atom stereocenters. The van der Waals surface area contributed by atoms with Gasteiger partial charge in [0.2, 0.25) is 0 Å². The molecule has 0 amide bonds. The zero-order valence-electron chi connectivity index (χ0n) is 9.26. The van der Waals surface area contributed by atoms with E-state index in [4.69, 9.17) is 15.2 Å². The lowest BCUT2D eigenvalue weighted by Gasteiger charge is -2.09. The Kier molecular flexibility index (Phi) is 4.14. The van der Waals surface area contributed by atoms with Gasteiger partial charge in [0, 0.05) is 12.6 Å². The van der Waals surface area contributed by atoms with Crippen molar-refractivity contribution < 1.29 is 17.9 Å². The molecule has 1 rings (SSSR count). The minimum Gasteiger partial charge on any atom is -0.493 e. The largest absolute Gasteiger partial charge is 0.493 e. The lowest BCUT2D eigenvalue weighted by molar-refractivity contribution is 0.354. The summed E-state index contributed by atoms with van der Waals surface area (Å²) in [7, 11) is -0.381. The van der Waals surface area contributed by atoms with Gasteiger partial charge in [0.15, 0.2) is 21.3 Å². The molecule has 0 fully saturated rings. The summed E-state index contributed by atoms with van der Waals surface area (Å²) < 4.78 is 33.5. The Morgan fingerprint density at radius 2 is 1.81 bits per heavy atom. The van der Waals surface area contributed by atoms with E-state index in [0.29, 0.717) is 11.5 Å². The fourth-order valence-corrected chi connectivity index (χ4v) is 2.39. The van der Waals surface area contributed by atoms with Gasteiger partial charge in [-0.15, -0.1) is 0 Å². The Labute approximate surface area is 95.1 Å². The number of ether oxygens (including phenoxy) is 2. The van der Waals surface area contributed by atoms with Gasteiger partial charge in [0.1, 0.15) is 0 Å². The van der Waals surface area contributed by atoms with Gasteiger partial charge in [0.25, 0.3) is 0 Å². The number of hydrogen-bond donors (Lipinski definition) is 1. The molecular weight excluding hydrogens is 230 g/mol. The molecule has 0 spiro atoms. The zero-order valence-corrected chi connectivity index (χ0v) is 10.1. The molecule has 1 aromatic rings. The van der Waals surface area contributed by atoms with Gasteiger partial charge in [-0.3, -0.25) is 0 Å². The molecule has 5 nitrogen and oxygen atoms in total. The fraction of sp³-hybridized carbons (Fsp3) is 0.400. The van der Waals surface area contributed by atoms with Crippen LogP contribution in [0, 0.1) is 0 Å². The number of sulfone groups is 1. The SMILES string of the molecule is COc1ccc(S(=O)(=O)CCN)cc1OC. The zero-order chi connectivity index (χ0) is 12.2. The molecule has 0 aliphatic rings. The second kappa shape index (κ2) is 5.18. The van der Waals surface area contributed by atoms with Crippen LogP contribution >= 0.6 is 0 Å². The highest BCUT2D eigenvalue weighted by atomic mass is 32.2. The van der Waals surface area contributed by atoms with E-state index in [1.54, 1.807) is 6.07 Å². The van der Waals surface area contributed by atoms with Crippen molar-refractivity contribution in [1.82, 2.24) is 0 Å². The monoisotopic (exact) mass is 245 g/mol. The average molecular weight is 245 g/mol. The molecule has 16 heavy (non-hydrogen) atoms. The van der Waals surface area contributed by atoms with E-state index in [9.17, 15) is 8.42 Å². The maximum atomic E-state index is 11.7. The lowest BCUT2D eigenvalue weighted by atomic mass is 10.3. The van der Waals surface area contributed by atoms with Crippen molar-refractivity contribution in [2.75, 3.05) is 26.5 Å². The maximum absolute atomic E-state index is 11.7. The van der Waals surface area contributed by atoms with Gasteiger partial charge in [-0.1, -0.05) is 0 Å². The van der Waals surface area contributed by atoms with Crippen LogP contribution in [0.5, 0.6) is 11.5 Å². The minimum absolute atomic E-state index is 0.0809. The van der Waals surface area contributed by atoms with Crippen LogP contribution in [0.15, 0.2) is 23.1 Å². The molecular formula is C10H15NO4S. The summed E-state index contributed by atoms with van der Waals surface area (Å²) in [6, 6.07) is 4.47. The minimum atomic E-state index is -3.33. The second-order valence-electron chi connectivity index (χ2n) is 3.12. The molecule has 2 N–H and O–H groups in total. The topological polar surface area (TPSA) is 78.6 Å². The van der Waals surface area contributed by atoms with Crippen LogP contribution in [-0.4, -0.2) is 34.9 Å². The van der Waals surface area contributed by atoms with Crippen LogP contribution in [0.2, 0.25) is 0 Å². The molecule has 0 aliphatic carbocycles. The first-order valence-corrected chi connectivity index (χ1v) is 6.35. The van der Waals surface area contributed by atoms with E-state index < -0.39 is 9.84 Å². The van der Waals surface area contributed by atoms with Gasteiger partial charge < -0.3 is 15.2 Å². The molecule has 0 aliphatic heterocycles. The summed E-state index contributed by atoms with van der Waals surface area (Å²) >= 11 is 0. The number of benzene rings is 1. The van der Waals surface area contributed by atoms with Gasteiger partial charge in [-0.05, 0) is 12.1 Å².